The van der Waals surface area contributed by atoms with E-state index in [4.69, 9.17) is 16.7 Å². The van der Waals surface area contributed by atoms with E-state index in [-0.39, 0.29) is 6.42 Å². The molecule has 0 saturated heterocycles. The van der Waals surface area contributed by atoms with Gasteiger partial charge in [0.15, 0.2) is 0 Å². The molecule has 0 fully saturated rings. The fraction of sp³-hybridized carbons (Fsp3) is 0.0833. The van der Waals surface area contributed by atoms with Crippen LogP contribution in [0.3, 0.4) is 0 Å². The molecule has 0 aliphatic carbocycles. The topological polar surface area (TPSA) is 63.1 Å². The van der Waals surface area contributed by atoms with Gasteiger partial charge in [0, 0.05) is 24.2 Å². The normalized spacial score (nSPS) is 10.2. The van der Waals surface area contributed by atoms with Crippen LogP contribution in [-0.4, -0.2) is 21.0 Å². The zero-order chi connectivity index (χ0) is 12.3. The second kappa shape index (κ2) is 4.93. The van der Waals surface area contributed by atoms with E-state index < -0.39 is 5.97 Å². The van der Waals surface area contributed by atoms with Crippen molar-refractivity contribution in [1.82, 2.24) is 9.97 Å². The van der Waals surface area contributed by atoms with Crippen LogP contribution < -0.4 is 0 Å². The summed E-state index contributed by atoms with van der Waals surface area (Å²) in [5.74, 6) is -0.917. The van der Waals surface area contributed by atoms with Gasteiger partial charge in [-0.25, -0.2) is 0 Å². The number of halogens is 1. The van der Waals surface area contributed by atoms with Gasteiger partial charge < -0.3 is 5.11 Å². The highest BCUT2D eigenvalue weighted by atomic mass is 35.5. The van der Waals surface area contributed by atoms with Crippen LogP contribution in [0.1, 0.15) is 5.56 Å². The molecule has 5 heteroatoms. The summed E-state index contributed by atoms with van der Waals surface area (Å²) in [6.45, 7) is 0. The predicted octanol–water partition coefficient (Wildman–Crippen LogP) is 2.42. The first-order chi connectivity index (χ1) is 8.16. The highest BCUT2D eigenvalue weighted by Crippen LogP contribution is 2.23. The van der Waals surface area contributed by atoms with E-state index in [0.29, 0.717) is 16.3 Å². The number of hydrogen-bond acceptors (Lipinski definition) is 3. The smallest absolute Gasteiger partial charge is 0.307 e. The van der Waals surface area contributed by atoms with Gasteiger partial charge in [0.05, 0.1) is 17.1 Å². The van der Waals surface area contributed by atoms with Gasteiger partial charge in [-0.1, -0.05) is 11.6 Å². The maximum atomic E-state index is 10.8. The van der Waals surface area contributed by atoms with Crippen molar-refractivity contribution in [1.29, 1.82) is 0 Å². The standard InChI is InChI=1S/C12H9ClN2O2/c13-10-4-9(5-11(16)17)12(15-7-10)8-2-1-3-14-6-8/h1-4,6-7H,5H2,(H,16,17). The molecule has 1 N–H and O–H groups in total. The number of carboxylic acid groups (broad SMARTS) is 1. The molecule has 2 rings (SSSR count). The first-order valence-corrected chi connectivity index (χ1v) is 5.31. The van der Waals surface area contributed by atoms with Crippen molar-refractivity contribution in [2.75, 3.05) is 0 Å². The minimum Gasteiger partial charge on any atom is -0.481 e. The van der Waals surface area contributed by atoms with Crippen molar-refractivity contribution < 1.29 is 9.90 Å². The lowest BCUT2D eigenvalue weighted by atomic mass is 10.1. The van der Waals surface area contributed by atoms with E-state index in [1.165, 1.54) is 6.20 Å². The maximum absolute atomic E-state index is 10.8. The van der Waals surface area contributed by atoms with E-state index in [9.17, 15) is 4.79 Å². The summed E-state index contributed by atoms with van der Waals surface area (Å²) < 4.78 is 0. The lowest BCUT2D eigenvalue weighted by Crippen LogP contribution is -2.03. The fourth-order valence-electron chi connectivity index (χ4n) is 1.54. The van der Waals surface area contributed by atoms with Crippen LogP contribution >= 0.6 is 11.6 Å². The predicted molar refractivity (Wildman–Crippen MR) is 63.8 cm³/mol. The molecular formula is C12H9ClN2O2. The molecular weight excluding hydrogens is 240 g/mol. The highest BCUT2D eigenvalue weighted by Gasteiger charge is 2.10. The number of carbonyl (C=O) groups is 1. The number of aliphatic carboxylic acids is 1. The fourth-order valence-corrected chi connectivity index (χ4v) is 1.72. The second-order valence-corrected chi connectivity index (χ2v) is 3.91. The molecule has 0 atom stereocenters. The van der Waals surface area contributed by atoms with Gasteiger partial charge in [-0.15, -0.1) is 0 Å². The monoisotopic (exact) mass is 248 g/mol. The van der Waals surface area contributed by atoms with Crippen molar-refractivity contribution in [3.8, 4) is 11.3 Å². The summed E-state index contributed by atoms with van der Waals surface area (Å²) >= 11 is 5.82. The molecule has 2 aromatic heterocycles. The Morgan fingerprint density at radius 3 is 2.88 bits per heavy atom. The number of carboxylic acids is 1. The lowest BCUT2D eigenvalue weighted by Gasteiger charge is -2.06. The van der Waals surface area contributed by atoms with Crippen molar-refractivity contribution in [2.24, 2.45) is 0 Å². The van der Waals surface area contributed by atoms with Crippen molar-refractivity contribution in [3.63, 3.8) is 0 Å². The molecule has 2 heterocycles. The Morgan fingerprint density at radius 1 is 1.41 bits per heavy atom. The van der Waals surface area contributed by atoms with Crippen LogP contribution in [0.4, 0.5) is 0 Å². The molecule has 0 aliphatic heterocycles. The van der Waals surface area contributed by atoms with Crippen LogP contribution in [0.2, 0.25) is 5.02 Å². The Morgan fingerprint density at radius 2 is 2.24 bits per heavy atom. The largest absolute Gasteiger partial charge is 0.481 e. The molecule has 0 spiro atoms. The van der Waals surface area contributed by atoms with Crippen molar-refractivity contribution in [3.05, 3.63) is 47.4 Å². The first kappa shape index (κ1) is 11.5. The Kier molecular flexibility index (Phi) is 3.35. The third-order valence-corrected chi connectivity index (χ3v) is 2.42. The van der Waals surface area contributed by atoms with Crippen LogP contribution in [0.25, 0.3) is 11.3 Å². The molecule has 4 nitrogen and oxygen atoms in total. The summed E-state index contributed by atoms with van der Waals surface area (Å²) in [4.78, 5) is 18.9. The number of nitrogens with zero attached hydrogens (tertiary/aromatic N) is 2. The van der Waals surface area contributed by atoms with E-state index >= 15 is 0 Å². The van der Waals surface area contributed by atoms with Gasteiger partial charge in [0.25, 0.3) is 0 Å². The third-order valence-electron chi connectivity index (χ3n) is 2.21. The molecule has 2 aromatic rings. The quantitative estimate of drug-likeness (QED) is 0.906. The van der Waals surface area contributed by atoms with E-state index in [2.05, 4.69) is 9.97 Å². The molecule has 86 valence electrons. The lowest BCUT2D eigenvalue weighted by molar-refractivity contribution is -0.136. The van der Waals surface area contributed by atoms with Crippen molar-refractivity contribution in [2.45, 2.75) is 6.42 Å². The third kappa shape index (κ3) is 2.79. The molecule has 0 amide bonds. The first-order valence-electron chi connectivity index (χ1n) is 4.93. The summed E-state index contributed by atoms with van der Waals surface area (Å²) in [6.07, 6.45) is 4.67. The summed E-state index contributed by atoms with van der Waals surface area (Å²) in [7, 11) is 0. The summed E-state index contributed by atoms with van der Waals surface area (Å²) in [5.41, 5.74) is 1.96. The van der Waals surface area contributed by atoms with Gasteiger partial charge in [0.2, 0.25) is 0 Å². The van der Waals surface area contributed by atoms with Gasteiger partial charge in [-0.2, -0.15) is 0 Å². The van der Waals surface area contributed by atoms with E-state index in [0.717, 1.165) is 5.56 Å². The van der Waals surface area contributed by atoms with Gasteiger partial charge in [-0.05, 0) is 23.8 Å². The maximum Gasteiger partial charge on any atom is 0.307 e. The average Bonchev–Trinajstić information content (AvgIpc) is 2.29. The highest BCUT2D eigenvalue weighted by molar-refractivity contribution is 6.30. The Hall–Kier alpha value is -1.94. The zero-order valence-electron chi connectivity index (χ0n) is 8.80. The van der Waals surface area contributed by atoms with Gasteiger partial charge in [-0.3, -0.25) is 14.8 Å². The van der Waals surface area contributed by atoms with Crippen molar-refractivity contribution >= 4 is 17.6 Å². The SMILES string of the molecule is O=C(O)Cc1cc(Cl)cnc1-c1cccnc1. The Bertz CT molecular complexity index is 543. The van der Waals surface area contributed by atoms with E-state index in [1.54, 1.807) is 24.5 Å². The second-order valence-electron chi connectivity index (χ2n) is 3.47. The Balaban J connectivity index is 2.50. The Labute approximate surface area is 103 Å². The van der Waals surface area contributed by atoms with E-state index in [1.807, 2.05) is 6.07 Å². The van der Waals surface area contributed by atoms with Crippen LogP contribution in [0, 0.1) is 0 Å². The molecule has 0 bridgehead atoms. The van der Waals surface area contributed by atoms with Crippen LogP contribution in [-0.2, 0) is 11.2 Å². The number of pyridine rings is 2. The summed E-state index contributed by atoms with van der Waals surface area (Å²) in [6, 6.07) is 5.22. The molecule has 0 aromatic carbocycles. The number of rotatable bonds is 3. The van der Waals surface area contributed by atoms with Crippen LogP contribution in [0.5, 0.6) is 0 Å². The molecule has 17 heavy (non-hydrogen) atoms. The molecule has 0 aliphatic rings. The minimum absolute atomic E-state index is 0.113. The number of hydrogen-bond donors (Lipinski definition) is 1. The van der Waals surface area contributed by atoms with Gasteiger partial charge >= 0.3 is 5.97 Å². The molecule has 0 unspecified atom stereocenters. The van der Waals surface area contributed by atoms with Crippen LogP contribution in [0.15, 0.2) is 36.8 Å². The average molecular weight is 249 g/mol. The van der Waals surface area contributed by atoms with Gasteiger partial charge in [0.1, 0.15) is 0 Å². The molecule has 0 saturated carbocycles. The zero-order valence-corrected chi connectivity index (χ0v) is 9.55. The molecule has 0 radical (unpaired) electrons. The summed E-state index contributed by atoms with van der Waals surface area (Å²) in [5, 5.41) is 9.27. The minimum atomic E-state index is -0.917. The number of aromatic nitrogens is 2.